The van der Waals surface area contributed by atoms with Crippen molar-refractivity contribution in [1.82, 2.24) is 4.98 Å². The van der Waals surface area contributed by atoms with Crippen LogP contribution in [0.25, 0.3) is 11.1 Å². The van der Waals surface area contributed by atoms with Crippen molar-refractivity contribution in [1.29, 1.82) is 0 Å². The lowest BCUT2D eigenvalue weighted by molar-refractivity contribution is -0.137. The lowest BCUT2D eigenvalue weighted by Crippen LogP contribution is -2.04. The summed E-state index contributed by atoms with van der Waals surface area (Å²) < 4.78 is 38.2. The molecular weight excluding hydrogens is 277 g/mol. The lowest BCUT2D eigenvalue weighted by atomic mass is 10.0. The van der Waals surface area contributed by atoms with E-state index in [1.165, 1.54) is 6.07 Å². The zero-order valence-electron chi connectivity index (χ0n) is 11.8. The van der Waals surface area contributed by atoms with Gasteiger partial charge in [-0.1, -0.05) is 18.7 Å². The molecule has 0 spiro atoms. The molecule has 2 rings (SSSR count). The van der Waals surface area contributed by atoms with E-state index >= 15 is 0 Å². The number of hydrogen-bond donors (Lipinski definition) is 1. The Balaban J connectivity index is 2.39. The number of hydrogen-bond acceptors (Lipinski definition) is 2. The number of pyridine rings is 1. The minimum atomic E-state index is -4.35. The number of rotatable bonds is 3. The second-order valence-electron chi connectivity index (χ2n) is 4.87. The number of nitrogens with zero attached hydrogens (tertiary/aromatic N) is 1. The Labute approximate surface area is 121 Å². The van der Waals surface area contributed by atoms with Gasteiger partial charge in [-0.2, -0.15) is 13.2 Å². The van der Waals surface area contributed by atoms with Crippen molar-refractivity contribution >= 4 is 5.82 Å². The number of anilines is 1. The quantitative estimate of drug-likeness (QED) is 0.859. The van der Waals surface area contributed by atoms with Gasteiger partial charge < -0.3 is 5.32 Å². The molecule has 0 saturated heterocycles. The second kappa shape index (κ2) is 5.60. The molecule has 1 aromatic carbocycles. The predicted octanol–water partition coefficient (Wildman–Crippen LogP) is 5.02. The molecule has 0 unspecified atom stereocenters. The molecule has 0 bridgehead atoms. The molecule has 0 aliphatic carbocycles. The summed E-state index contributed by atoms with van der Waals surface area (Å²) in [7, 11) is 0. The largest absolute Gasteiger partial charge is 0.416 e. The highest BCUT2D eigenvalue weighted by Gasteiger charge is 2.30. The van der Waals surface area contributed by atoms with Gasteiger partial charge in [-0.05, 0) is 43.2 Å². The minimum absolute atomic E-state index is 0.488. The number of nitrogens with one attached hydrogen (secondary N) is 1. The molecule has 5 heteroatoms. The third-order valence-electron chi connectivity index (χ3n) is 2.93. The number of allylic oxidation sites excluding steroid dienone is 1. The van der Waals surface area contributed by atoms with E-state index in [4.69, 9.17) is 0 Å². The summed E-state index contributed by atoms with van der Waals surface area (Å²) in [5.74, 6) is 0.651. The smallest absolute Gasteiger partial charge is 0.344 e. The fourth-order valence-corrected chi connectivity index (χ4v) is 1.94. The van der Waals surface area contributed by atoms with Crippen LogP contribution >= 0.6 is 0 Å². The molecule has 110 valence electrons. The summed E-state index contributed by atoms with van der Waals surface area (Å²) in [6.07, 6.45) is -2.80. The molecule has 1 N–H and O–H groups in total. The molecule has 2 nitrogen and oxygen atoms in total. The summed E-state index contributed by atoms with van der Waals surface area (Å²) in [5.41, 5.74) is 2.06. The highest BCUT2D eigenvalue weighted by Crippen LogP contribution is 2.32. The summed E-state index contributed by atoms with van der Waals surface area (Å²) >= 11 is 0. The van der Waals surface area contributed by atoms with Crippen LogP contribution in [0.1, 0.15) is 18.1 Å². The van der Waals surface area contributed by atoms with Crippen LogP contribution in [-0.2, 0) is 6.18 Å². The average Bonchev–Trinajstić information content (AvgIpc) is 2.40. The van der Waals surface area contributed by atoms with E-state index in [0.717, 1.165) is 23.4 Å². The molecule has 0 fully saturated rings. The Morgan fingerprint density at radius 3 is 2.48 bits per heavy atom. The highest BCUT2D eigenvalue weighted by molar-refractivity contribution is 5.66. The molecule has 0 amide bonds. The Kier molecular flexibility index (Phi) is 4.02. The van der Waals surface area contributed by atoms with Crippen LogP contribution in [0.15, 0.2) is 48.8 Å². The third kappa shape index (κ3) is 3.62. The van der Waals surface area contributed by atoms with Crippen molar-refractivity contribution in [3.8, 4) is 11.1 Å². The van der Waals surface area contributed by atoms with Gasteiger partial charge in [0.25, 0.3) is 0 Å². The van der Waals surface area contributed by atoms with Crippen molar-refractivity contribution in [2.75, 3.05) is 5.32 Å². The van der Waals surface area contributed by atoms with Crippen LogP contribution in [0.4, 0.5) is 19.0 Å². The van der Waals surface area contributed by atoms with Crippen molar-refractivity contribution in [3.63, 3.8) is 0 Å². The van der Waals surface area contributed by atoms with Gasteiger partial charge in [0.2, 0.25) is 0 Å². The molecule has 0 atom stereocenters. The number of benzene rings is 1. The minimum Gasteiger partial charge on any atom is -0.344 e. The van der Waals surface area contributed by atoms with E-state index < -0.39 is 11.7 Å². The predicted molar refractivity (Wildman–Crippen MR) is 77.8 cm³/mol. The van der Waals surface area contributed by atoms with Crippen LogP contribution < -0.4 is 5.32 Å². The Morgan fingerprint density at radius 1 is 1.19 bits per heavy atom. The van der Waals surface area contributed by atoms with Crippen molar-refractivity contribution in [2.24, 2.45) is 0 Å². The Hall–Kier alpha value is -2.30. The van der Waals surface area contributed by atoms with E-state index in [1.54, 1.807) is 18.3 Å². The van der Waals surface area contributed by atoms with Crippen LogP contribution in [0.2, 0.25) is 0 Å². The monoisotopic (exact) mass is 292 g/mol. The van der Waals surface area contributed by atoms with E-state index in [0.29, 0.717) is 16.9 Å². The first-order chi connectivity index (χ1) is 9.77. The van der Waals surface area contributed by atoms with Crippen LogP contribution in [0, 0.1) is 6.92 Å². The first-order valence-electron chi connectivity index (χ1n) is 6.34. The summed E-state index contributed by atoms with van der Waals surface area (Å²) in [6, 6.07) is 7.02. The first-order valence-corrected chi connectivity index (χ1v) is 6.34. The normalized spacial score (nSPS) is 11.3. The number of aryl methyl sites for hydroxylation is 1. The van der Waals surface area contributed by atoms with Crippen LogP contribution in [0.3, 0.4) is 0 Å². The molecular formula is C16H15F3N2. The molecule has 0 aliphatic rings. The van der Waals surface area contributed by atoms with Crippen LogP contribution in [-0.4, -0.2) is 4.98 Å². The Morgan fingerprint density at radius 2 is 1.90 bits per heavy atom. The molecule has 21 heavy (non-hydrogen) atoms. The number of halogens is 3. The molecule has 2 aromatic rings. The number of alkyl halides is 3. The molecule has 1 aromatic heterocycles. The topological polar surface area (TPSA) is 24.9 Å². The zero-order valence-corrected chi connectivity index (χ0v) is 11.8. The zero-order chi connectivity index (χ0) is 15.6. The van der Waals surface area contributed by atoms with E-state index in [1.807, 2.05) is 13.8 Å². The van der Waals surface area contributed by atoms with Crippen molar-refractivity contribution in [3.05, 3.63) is 59.9 Å². The molecule has 1 heterocycles. The summed E-state index contributed by atoms with van der Waals surface area (Å²) in [4.78, 5) is 4.23. The molecule has 0 radical (unpaired) electrons. The van der Waals surface area contributed by atoms with Crippen molar-refractivity contribution in [2.45, 2.75) is 20.0 Å². The van der Waals surface area contributed by atoms with Gasteiger partial charge in [0.1, 0.15) is 5.82 Å². The summed E-state index contributed by atoms with van der Waals surface area (Å²) in [6.45, 7) is 7.38. The lowest BCUT2D eigenvalue weighted by Gasteiger charge is -2.11. The average molecular weight is 292 g/mol. The maximum Gasteiger partial charge on any atom is 0.416 e. The van der Waals surface area contributed by atoms with Gasteiger partial charge in [-0.3, -0.25) is 0 Å². The SMILES string of the molecule is C=C(C)Nc1ncc(-c2cccc(C(F)(F)F)c2)cc1C. The first kappa shape index (κ1) is 15.1. The number of aromatic nitrogens is 1. The fourth-order valence-electron chi connectivity index (χ4n) is 1.94. The van der Waals surface area contributed by atoms with Gasteiger partial charge in [-0.25, -0.2) is 4.98 Å². The standard InChI is InChI=1S/C16H15F3N2/c1-10(2)21-15-11(3)7-13(9-20-15)12-5-4-6-14(8-12)16(17,18)19/h4-9H,1H2,2-3H3,(H,20,21). The maximum atomic E-state index is 12.7. The van der Waals surface area contributed by atoms with E-state index in [2.05, 4.69) is 16.9 Å². The Bertz CT molecular complexity index is 675. The summed E-state index contributed by atoms with van der Waals surface area (Å²) in [5, 5.41) is 3.00. The highest BCUT2D eigenvalue weighted by atomic mass is 19.4. The fraction of sp³-hybridized carbons (Fsp3) is 0.188. The van der Waals surface area contributed by atoms with Gasteiger partial charge >= 0.3 is 6.18 Å². The third-order valence-corrected chi connectivity index (χ3v) is 2.93. The van der Waals surface area contributed by atoms with E-state index in [-0.39, 0.29) is 0 Å². The van der Waals surface area contributed by atoms with E-state index in [9.17, 15) is 13.2 Å². The maximum absolute atomic E-state index is 12.7. The van der Waals surface area contributed by atoms with Gasteiger partial charge in [0.15, 0.2) is 0 Å². The van der Waals surface area contributed by atoms with Gasteiger partial charge in [0, 0.05) is 17.5 Å². The second-order valence-corrected chi connectivity index (χ2v) is 4.87. The molecule has 0 saturated carbocycles. The van der Waals surface area contributed by atoms with Gasteiger partial charge in [0.05, 0.1) is 5.56 Å². The van der Waals surface area contributed by atoms with Crippen molar-refractivity contribution < 1.29 is 13.2 Å². The van der Waals surface area contributed by atoms with Gasteiger partial charge in [-0.15, -0.1) is 0 Å². The van der Waals surface area contributed by atoms with Crippen LogP contribution in [0.5, 0.6) is 0 Å². The molecule has 0 aliphatic heterocycles.